The van der Waals surface area contributed by atoms with Crippen molar-refractivity contribution in [3.63, 3.8) is 0 Å². The van der Waals surface area contributed by atoms with Crippen LogP contribution >= 0.6 is 0 Å². The van der Waals surface area contributed by atoms with Crippen molar-refractivity contribution < 1.29 is 23.5 Å². The molecule has 0 atom stereocenters. The van der Waals surface area contributed by atoms with Gasteiger partial charge in [0.25, 0.3) is 5.91 Å². The molecular formula is C22H22FN3O4. The van der Waals surface area contributed by atoms with Crippen LogP contribution < -0.4 is 15.8 Å². The molecule has 2 aromatic carbocycles. The van der Waals surface area contributed by atoms with Crippen molar-refractivity contribution in [2.45, 2.75) is 26.3 Å². The van der Waals surface area contributed by atoms with Gasteiger partial charge < -0.3 is 15.8 Å². The number of halogens is 1. The molecule has 0 fully saturated rings. The molecule has 30 heavy (non-hydrogen) atoms. The monoisotopic (exact) mass is 411 g/mol. The highest BCUT2D eigenvalue weighted by atomic mass is 19.1. The Morgan fingerprint density at radius 1 is 1.20 bits per heavy atom. The average molecular weight is 411 g/mol. The van der Waals surface area contributed by atoms with Crippen LogP contribution in [0.5, 0.6) is 5.75 Å². The summed E-state index contributed by atoms with van der Waals surface area (Å²) in [6, 6.07) is 13.2. The molecule has 1 aromatic heterocycles. The molecule has 3 rings (SSSR count). The summed E-state index contributed by atoms with van der Waals surface area (Å²) in [5.74, 6) is -0.461. The zero-order valence-corrected chi connectivity index (χ0v) is 16.9. The predicted octanol–water partition coefficient (Wildman–Crippen LogP) is 3.27. The van der Waals surface area contributed by atoms with E-state index in [0.29, 0.717) is 11.4 Å². The summed E-state index contributed by atoms with van der Waals surface area (Å²) in [5.41, 5.74) is 7.57. The summed E-state index contributed by atoms with van der Waals surface area (Å²) in [5, 5.41) is 3.54. The number of benzene rings is 2. The number of nitrogens with one attached hydrogen (secondary N) is 1. The maximum atomic E-state index is 13.8. The number of anilines is 1. The Labute approximate surface area is 173 Å². The normalized spacial score (nSPS) is 10.5. The summed E-state index contributed by atoms with van der Waals surface area (Å²) >= 11 is 0. The van der Waals surface area contributed by atoms with Gasteiger partial charge in [-0.1, -0.05) is 18.2 Å². The molecule has 7 nitrogen and oxygen atoms in total. The topological polar surface area (TPSA) is 111 Å². The third kappa shape index (κ3) is 5.62. The molecule has 0 aliphatic carbocycles. The zero-order chi connectivity index (χ0) is 22.3. The van der Waals surface area contributed by atoms with E-state index in [9.17, 15) is 9.18 Å². The highest BCUT2D eigenvalue weighted by Gasteiger charge is 2.24. The molecule has 1 amide bonds. The first-order valence-electron chi connectivity index (χ1n) is 9.03. The van der Waals surface area contributed by atoms with Crippen molar-refractivity contribution in [3.8, 4) is 5.75 Å². The molecule has 0 bridgehead atoms. The molecule has 0 radical (unpaired) electrons. The van der Waals surface area contributed by atoms with E-state index in [4.69, 9.17) is 20.1 Å². The van der Waals surface area contributed by atoms with Gasteiger partial charge in [0.05, 0.1) is 22.0 Å². The second kappa shape index (κ2) is 9.62. The van der Waals surface area contributed by atoms with Gasteiger partial charge in [-0.2, -0.15) is 9.59 Å². The number of nitrogen functional groups attached to an aromatic ring is 1. The van der Waals surface area contributed by atoms with E-state index in [2.05, 4.69) is 10.3 Å². The van der Waals surface area contributed by atoms with Crippen molar-refractivity contribution in [1.82, 2.24) is 10.3 Å². The molecule has 156 valence electrons. The van der Waals surface area contributed by atoms with E-state index in [1.807, 2.05) is 39.0 Å². The minimum Gasteiger partial charge on any atom is -0.490 e. The Hall–Kier alpha value is -3.77. The fraction of sp³-hybridized carbons (Fsp3) is 0.227. The van der Waals surface area contributed by atoms with Gasteiger partial charge >= 0.3 is 6.15 Å². The summed E-state index contributed by atoms with van der Waals surface area (Å²) in [6.45, 7) is 5.68. The maximum absolute atomic E-state index is 13.8. The second-order valence-corrected chi connectivity index (χ2v) is 7.19. The lowest BCUT2D eigenvalue weighted by Crippen LogP contribution is -2.48. The van der Waals surface area contributed by atoms with Gasteiger partial charge in [0.15, 0.2) is 0 Å². The number of pyridine rings is 1. The number of nitrogens with zero attached hydrogens (tertiary/aromatic N) is 1. The van der Waals surface area contributed by atoms with Crippen molar-refractivity contribution in [2.75, 3.05) is 12.3 Å². The summed E-state index contributed by atoms with van der Waals surface area (Å²) < 4.78 is 19.7. The lowest BCUT2D eigenvalue weighted by molar-refractivity contribution is -0.191. The van der Waals surface area contributed by atoms with Gasteiger partial charge in [-0.3, -0.25) is 9.78 Å². The first-order valence-corrected chi connectivity index (χ1v) is 9.03. The fourth-order valence-electron chi connectivity index (χ4n) is 2.86. The van der Waals surface area contributed by atoms with Crippen LogP contribution in [0.25, 0.3) is 10.9 Å². The minimum absolute atomic E-state index is 0.000319. The Morgan fingerprint density at radius 2 is 1.87 bits per heavy atom. The Morgan fingerprint density at radius 3 is 2.53 bits per heavy atom. The number of carbonyl (C=O) groups excluding carboxylic acids is 3. The van der Waals surface area contributed by atoms with E-state index in [1.54, 1.807) is 18.2 Å². The van der Waals surface area contributed by atoms with Crippen LogP contribution in [0.4, 0.5) is 10.1 Å². The van der Waals surface area contributed by atoms with Crippen LogP contribution in [-0.4, -0.2) is 29.2 Å². The molecule has 0 spiro atoms. The molecule has 1 heterocycles. The maximum Gasteiger partial charge on any atom is 0.373 e. The summed E-state index contributed by atoms with van der Waals surface area (Å²) in [7, 11) is 0. The number of fused-ring (bicyclic) bond motifs is 1. The number of aryl methyl sites for hydroxylation is 1. The van der Waals surface area contributed by atoms with E-state index in [1.165, 1.54) is 12.1 Å². The highest BCUT2D eigenvalue weighted by molar-refractivity contribution is 5.96. The smallest absolute Gasteiger partial charge is 0.373 e. The Kier molecular flexibility index (Phi) is 7.22. The van der Waals surface area contributed by atoms with Gasteiger partial charge in [-0.05, 0) is 51.1 Å². The van der Waals surface area contributed by atoms with E-state index < -0.39 is 17.3 Å². The Bertz CT molecular complexity index is 1090. The van der Waals surface area contributed by atoms with Crippen LogP contribution in [0, 0.1) is 12.7 Å². The van der Waals surface area contributed by atoms with E-state index in [0.717, 1.165) is 16.6 Å². The third-order valence-corrected chi connectivity index (χ3v) is 4.11. The fourth-order valence-corrected chi connectivity index (χ4v) is 2.86. The van der Waals surface area contributed by atoms with Crippen LogP contribution in [0.3, 0.4) is 0 Å². The first kappa shape index (κ1) is 22.5. The quantitative estimate of drug-likeness (QED) is 0.667. The third-order valence-electron chi connectivity index (χ3n) is 4.11. The lowest BCUT2D eigenvalue weighted by atomic mass is 10.1. The van der Waals surface area contributed by atoms with Crippen molar-refractivity contribution in [2.24, 2.45) is 0 Å². The van der Waals surface area contributed by atoms with E-state index >= 15 is 0 Å². The number of aromatic nitrogens is 1. The number of hydrogen-bond acceptors (Lipinski definition) is 6. The molecule has 0 aliphatic heterocycles. The number of amides is 1. The van der Waals surface area contributed by atoms with Gasteiger partial charge in [0, 0.05) is 11.4 Å². The Balaban J connectivity index is 0.00000101. The summed E-state index contributed by atoms with van der Waals surface area (Å²) in [6.07, 6.45) is 0.250. The molecule has 0 aliphatic rings. The van der Waals surface area contributed by atoms with Gasteiger partial charge in [-0.15, -0.1) is 0 Å². The number of ether oxygens (including phenoxy) is 1. The van der Waals surface area contributed by atoms with Gasteiger partial charge in [-0.25, -0.2) is 4.39 Å². The van der Waals surface area contributed by atoms with Crippen molar-refractivity contribution in [3.05, 3.63) is 65.6 Å². The number of nitrogens with two attached hydrogens (primary N) is 1. The molecule has 0 saturated carbocycles. The summed E-state index contributed by atoms with van der Waals surface area (Å²) in [4.78, 5) is 33.1. The van der Waals surface area contributed by atoms with Crippen LogP contribution in [0.15, 0.2) is 48.5 Å². The van der Waals surface area contributed by atoms with E-state index in [-0.39, 0.29) is 18.3 Å². The minimum atomic E-state index is -0.728. The highest BCUT2D eigenvalue weighted by Crippen LogP contribution is 2.30. The van der Waals surface area contributed by atoms with Crippen LogP contribution in [0.2, 0.25) is 0 Å². The molecule has 8 heteroatoms. The first-order chi connectivity index (χ1) is 14.2. The molecular weight excluding hydrogens is 389 g/mol. The van der Waals surface area contributed by atoms with Crippen LogP contribution in [0.1, 0.15) is 29.9 Å². The van der Waals surface area contributed by atoms with Crippen molar-refractivity contribution in [1.29, 1.82) is 0 Å². The largest absolute Gasteiger partial charge is 0.490 e. The predicted molar refractivity (Wildman–Crippen MR) is 109 cm³/mol. The molecule has 0 saturated heterocycles. The standard InChI is InChI=1S/C21H22FN3O2.CO2/c1-13-11-16(23)19-17(24-13)9-6-10-18(19)27-12-21(2,3)25-20(26)14-7-4-5-8-15(14)22;2-1-3/h4-11H,12H2,1-3H3,(H2,23,24)(H,25,26);. The lowest BCUT2D eigenvalue weighted by Gasteiger charge is -2.27. The number of hydrogen-bond donors (Lipinski definition) is 2. The van der Waals surface area contributed by atoms with Gasteiger partial charge in [0.1, 0.15) is 18.2 Å². The SMILES string of the molecule is Cc1cc(N)c2c(OCC(C)(C)NC(=O)c3ccccc3F)cccc2n1.O=C=O. The molecule has 3 N–H and O–H groups in total. The molecule has 3 aromatic rings. The average Bonchev–Trinajstić information content (AvgIpc) is 2.66. The van der Waals surface area contributed by atoms with Crippen molar-refractivity contribution >= 4 is 28.6 Å². The van der Waals surface area contributed by atoms with Gasteiger partial charge in [0.2, 0.25) is 0 Å². The molecule has 0 unspecified atom stereocenters. The number of rotatable bonds is 5. The van der Waals surface area contributed by atoms with Crippen LogP contribution in [-0.2, 0) is 9.59 Å². The second-order valence-electron chi connectivity index (χ2n) is 7.19. The zero-order valence-electron chi connectivity index (χ0n) is 16.9. The number of carbonyl (C=O) groups is 1.